The second kappa shape index (κ2) is 8.29. The number of aryl methyl sites for hydroxylation is 1. The number of aromatic hydroxyl groups is 1. The Hall–Kier alpha value is -3.79. The fourth-order valence-corrected chi connectivity index (χ4v) is 3.74. The van der Waals surface area contributed by atoms with Gasteiger partial charge in [0.15, 0.2) is 0 Å². The molecule has 0 aliphatic carbocycles. The highest BCUT2D eigenvalue weighted by molar-refractivity contribution is 6.02. The molecule has 4 aromatic carbocycles. The molecule has 4 nitrogen and oxygen atoms in total. The number of phenols is 1. The van der Waals surface area contributed by atoms with Crippen molar-refractivity contribution in [3.05, 3.63) is 95.6 Å². The number of phenolic OH excluding ortho intramolecular Hbond substituents is 1. The zero-order valence-corrected chi connectivity index (χ0v) is 16.6. The fourth-order valence-electron chi connectivity index (χ4n) is 3.74. The lowest BCUT2D eigenvalue weighted by Gasteiger charge is -2.19. The largest absolute Gasteiger partial charge is 0.507 e. The average molecular weight is 398 g/mol. The van der Waals surface area contributed by atoms with Crippen molar-refractivity contribution in [2.24, 2.45) is 0 Å². The molecule has 4 aromatic rings. The molecule has 0 bridgehead atoms. The predicted molar refractivity (Wildman–Crippen MR) is 118 cm³/mol. The first-order valence-electron chi connectivity index (χ1n) is 9.86. The van der Waals surface area contributed by atoms with E-state index < -0.39 is 5.97 Å². The van der Waals surface area contributed by atoms with Gasteiger partial charge in [-0.2, -0.15) is 0 Å². The summed E-state index contributed by atoms with van der Waals surface area (Å²) in [5.41, 5.74) is 3.25. The first-order valence-corrected chi connectivity index (χ1v) is 9.86. The molecule has 0 radical (unpaired) electrons. The summed E-state index contributed by atoms with van der Waals surface area (Å²) < 4.78 is 6.19. The second-order valence-electron chi connectivity index (χ2n) is 7.12. The van der Waals surface area contributed by atoms with E-state index in [-0.39, 0.29) is 11.3 Å². The minimum absolute atomic E-state index is 0.0623. The zero-order valence-electron chi connectivity index (χ0n) is 16.6. The number of aromatic carboxylic acids is 1. The first kappa shape index (κ1) is 19.5. The van der Waals surface area contributed by atoms with Crippen molar-refractivity contribution < 1.29 is 19.7 Å². The third-order valence-corrected chi connectivity index (χ3v) is 5.21. The van der Waals surface area contributed by atoms with E-state index in [4.69, 9.17) is 4.74 Å². The summed E-state index contributed by atoms with van der Waals surface area (Å²) in [6.45, 7) is 2.33. The molecule has 2 N–H and O–H groups in total. The predicted octanol–water partition coefficient (Wildman–Crippen LogP) is 6.05. The molecular weight excluding hydrogens is 376 g/mol. The lowest BCUT2D eigenvalue weighted by Crippen LogP contribution is -2.02. The number of benzene rings is 4. The van der Waals surface area contributed by atoms with Gasteiger partial charge < -0.3 is 14.9 Å². The van der Waals surface area contributed by atoms with Gasteiger partial charge in [0, 0.05) is 11.1 Å². The Labute approximate surface area is 175 Å². The van der Waals surface area contributed by atoms with Crippen LogP contribution in [0.5, 0.6) is 11.5 Å². The lowest BCUT2D eigenvalue weighted by atomic mass is 9.90. The van der Waals surface area contributed by atoms with Gasteiger partial charge in [0.05, 0.1) is 5.56 Å². The van der Waals surface area contributed by atoms with E-state index in [1.165, 1.54) is 6.07 Å². The molecule has 150 valence electrons. The van der Waals surface area contributed by atoms with Crippen molar-refractivity contribution >= 4 is 16.7 Å². The normalized spacial score (nSPS) is 10.8. The number of hydrogen-bond acceptors (Lipinski definition) is 3. The van der Waals surface area contributed by atoms with E-state index in [0.717, 1.165) is 27.5 Å². The van der Waals surface area contributed by atoms with Crippen LogP contribution in [0.2, 0.25) is 0 Å². The summed E-state index contributed by atoms with van der Waals surface area (Å²) in [6.07, 6.45) is 0.575. The standard InChI is InChI=1S/C26H22O4/c1-2-18-14-20(26(28)29)15-22(27)24(18)25-21-11-7-6-10-19(21)12-13-23(25)30-16-17-8-4-3-5-9-17/h3-15,27H,2,16H2,1H3,(H,28,29). The van der Waals surface area contributed by atoms with Crippen LogP contribution in [0, 0.1) is 0 Å². The van der Waals surface area contributed by atoms with Gasteiger partial charge in [-0.05, 0) is 46.5 Å². The number of rotatable bonds is 6. The molecule has 0 aromatic heterocycles. The van der Waals surface area contributed by atoms with Crippen LogP contribution in [0.4, 0.5) is 0 Å². The smallest absolute Gasteiger partial charge is 0.335 e. The quantitative estimate of drug-likeness (QED) is 0.415. The number of fused-ring (bicyclic) bond motifs is 1. The molecule has 0 aliphatic rings. The molecule has 0 aliphatic heterocycles. The number of carboxylic acid groups (broad SMARTS) is 1. The minimum Gasteiger partial charge on any atom is -0.507 e. The van der Waals surface area contributed by atoms with Crippen LogP contribution in [-0.4, -0.2) is 16.2 Å². The third kappa shape index (κ3) is 3.72. The van der Waals surface area contributed by atoms with Gasteiger partial charge in [-0.1, -0.05) is 67.6 Å². The van der Waals surface area contributed by atoms with Gasteiger partial charge in [0.25, 0.3) is 0 Å². The molecule has 0 amide bonds. The van der Waals surface area contributed by atoms with Gasteiger partial charge in [-0.15, -0.1) is 0 Å². The Morgan fingerprint density at radius 1 is 0.900 bits per heavy atom. The number of hydrogen-bond donors (Lipinski definition) is 2. The van der Waals surface area contributed by atoms with Crippen molar-refractivity contribution in [1.29, 1.82) is 0 Å². The topological polar surface area (TPSA) is 66.8 Å². The maximum absolute atomic E-state index is 11.5. The Bertz CT molecular complexity index is 1210. The molecule has 4 rings (SSSR count). The fraction of sp³-hybridized carbons (Fsp3) is 0.115. The van der Waals surface area contributed by atoms with Crippen molar-refractivity contribution in [1.82, 2.24) is 0 Å². The van der Waals surface area contributed by atoms with E-state index in [0.29, 0.717) is 24.3 Å². The number of carboxylic acids is 1. The summed E-state index contributed by atoms with van der Waals surface area (Å²) in [4.78, 5) is 11.5. The van der Waals surface area contributed by atoms with Crippen LogP contribution < -0.4 is 4.74 Å². The van der Waals surface area contributed by atoms with E-state index in [2.05, 4.69) is 0 Å². The maximum atomic E-state index is 11.5. The highest BCUT2D eigenvalue weighted by atomic mass is 16.5. The minimum atomic E-state index is -1.06. The van der Waals surface area contributed by atoms with Crippen molar-refractivity contribution in [3.8, 4) is 22.6 Å². The van der Waals surface area contributed by atoms with Crippen LogP contribution in [-0.2, 0) is 13.0 Å². The Morgan fingerprint density at radius 3 is 2.37 bits per heavy atom. The molecule has 0 spiro atoms. The molecule has 4 heteroatoms. The van der Waals surface area contributed by atoms with E-state index in [1.807, 2.05) is 73.7 Å². The van der Waals surface area contributed by atoms with Gasteiger partial charge >= 0.3 is 5.97 Å². The van der Waals surface area contributed by atoms with Gasteiger partial charge in [0.1, 0.15) is 18.1 Å². The first-order chi connectivity index (χ1) is 14.6. The lowest BCUT2D eigenvalue weighted by molar-refractivity contribution is 0.0696. The highest BCUT2D eigenvalue weighted by Crippen LogP contribution is 2.44. The van der Waals surface area contributed by atoms with Crippen LogP contribution in [0.3, 0.4) is 0 Å². The molecule has 0 fully saturated rings. The molecule has 0 atom stereocenters. The summed E-state index contributed by atoms with van der Waals surface area (Å²) in [7, 11) is 0. The van der Waals surface area contributed by atoms with E-state index in [9.17, 15) is 15.0 Å². The molecule has 0 saturated carbocycles. The van der Waals surface area contributed by atoms with Crippen LogP contribution in [0.25, 0.3) is 21.9 Å². The number of carbonyl (C=O) groups is 1. The molecule has 0 heterocycles. The Morgan fingerprint density at radius 2 is 1.63 bits per heavy atom. The summed E-state index contributed by atoms with van der Waals surface area (Å²) >= 11 is 0. The van der Waals surface area contributed by atoms with Gasteiger partial charge in [0.2, 0.25) is 0 Å². The van der Waals surface area contributed by atoms with Gasteiger partial charge in [-0.3, -0.25) is 0 Å². The summed E-state index contributed by atoms with van der Waals surface area (Å²) in [5, 5.41) is 22.2. The average Bonchev–Trinajstić information content (AvgIpc) is 2.77. The molecule has 30 heavy (non-hydrogen) atoms. The van der Waals surface area contributed by atoms with E-state index >= 15 is 0 Å². The molecular formula is C26H22O4. The van der Waals surface area contributed by atoms with Crippen molar-refractivity contribution in [3.63, 3.8) is 0 Å². The monoisotopic (exact) mass is 398 g/mol. The number of ether oxygens (including phenoxy) is 1. The molecule has 0 unspecified atom stereocenters. The third-order valence-electron chi connectivity index (χ3n) is 5.21. The van der Waals surface area contributed by atoms with Crippen LogP contribution >= 0.6 is 0 Å². The summed E-state index contributed by atoms with van der Waals surface area (Å²) in [6, 6.07) is 24.6. The molecule has 0 saturated heterocycles. The van der Waals surface area contributed by atoms with Crippen LogP contribution in [0.15, 0.2) is 78.9 Å². The van der Waals surface area contributed by atoms with E-state index in [1.54, 1.807) is 6.07 Å². The Balaban J connectivity index is 1.91. The highest BCUT2D eigenvalue weighted by Gasteiger charge is 2.20. The second-order valence-corrected chi connectivity index (χ2v) is 7.12. The summed E-state index contributed by atoms with van der Waals surface area (Å²) in [5.74, 6) is -0.483. The van der Waals surface area contributed by atoms with Crippen molar-refractivity contribution in [2.45, 2.75) is 20.0 Å². The van der Waals surface area contributed by atoms with Crippen molar-refractivity contribution in [2.75, 3.05) is 0 Å². The van der Waals surface area contributed by atoms with Gasteiger partial charge in [-0.25, -0.2) is 4.79 Å². The SMILES string of the molecule is CCc1cc(C(=O)O)cc(O)c1-c1c(OCc2ccccc2)ccc2ccccc12. The Kier molecular flexibility index (Phi) is 5.40. The maximum Gasteiger partial charge on any atom is 0.335 e. The van der Waals surface area contributed by atoms with Crippen LogP contribution in [0.1, 0.15) is 28.4 Å². The zero-order chi connectivity index (χ0) is 21.1.